The molecule has 6 rings (SSSR count). The number of carbonyl (C=O) groups excluding carboxylic acids is 1. The molecule has 0 spiro atoms. The molecule has 1 amide bonds. The van der Waals surface area contributed by atoms with E-state index in [0.717, 1.165) is 38.7 Å². The smallest absolute Gasteiger partial charge is 0.304 e. The highest BCUT2D eigenvalue weighted by Crippen LogP contribution is 2.45. The third-order valence-corrected chi connectivity index (χ3v) is 7.80. The Morgan fingerprint density at radius 1 is 1.28 bits per heavy atom. The van der Waals surface area contributed by atoms with Crippen molar-refractivity contribution in [3.05, 3.63) is 57.6 Å². The van der Waals surface area contributed by atoms with Crippen LogP contribution in [0.1, 0.15) is 29.0 Å². The van der Waals surface area contributed by atoms with Crippen molar-refractivity contribution in [2.45, 2.75) is 45.1 Å². The lowest BCUT2D eigenvalue weighted by molar-refractivity contribution is -0.139. The van der Waals surface area contributed by atoms with Gasteiger partial charge in [-0.3, -0.25) is 9.78 Å². The van der Waals surface area contributed by atoms with Crippen molar-refractivity contribution in [1.82, 2.24) is 24.6 Å². The zero-order valence-corrected chi connectivity index (χ0v) is 20.6. The molecule has 12 heteroatoms. The lowest BCUT2D eigenvalue weighted by Gasteiger charge is -2.30. The van der Waals surface area contributed by atoms with Crippen molar-refractivity contribution in [3.8, 4) is 16.9 Å². The number of pyridine rings is 1. The molecule has 0 radical (unpaired) electrons. The Morgan fingerprint density at radius 2 is 2.11 bits per heavy atom. The fraction of sp³-hybridized carbons (Fsp3) is 0.333. The second-order valence-corrected chi connectivity index (χ2v) is 10.5. The summed E-state index contributed by atoms with van der Waals surface area (Å²) in [6, 6.07) is 7.30. The first kappa shape index (κ1) is 23.3. The zero-order chi connectivity index (χ0) is 25.2. The number of aromatic nitrogens is 4. The first-order valence-corrected chi connectivity index (χ1v) is 12.5. The van der Waals surface area contributed by atoms with E-state index in [0.29, 0.717) is 23.0 Å². The van der Waals surface area contributed by atoms with E-state index in [4.69, 9.17) is 16.3 Å². The quantitative estimate of drug-likeness (QED) is 0.425. The van der Waals surface area contributed by atoms with E-state index in [1.165, 1.54) is 15.9 Å². The van der Waals surface area contributed by atoms with Crippen LogP contribution in [-0.2, 0) is 36.8 Å². The van der Waals surface area contributed by atoms with Gasteiger partial charge in [0.2, 0.25) is 5.82 Å². The number of benzene rings is 1. The van der Waals surface area contributed by atoms with Crippen LogP contribution in [0, 0.1) is 0 Å². The molecule has 1 unspecified atom stereocenters. The number of amides is 1. The number of hydrogen-bond acceptors (Lipinski definition) is 7. The number of ether oxygens (including phenoxy) is 1. The van der Waals surface area contributed by atoms with E-state index in [2.05, 4.69) is 15.2 Å². The molecule has 2 aliphatic heterocycles. The standard InChI is InChI=1S/C24H20ClF2N5O3S/c1-24(26,27)23-30-29-19-10-31(4-5-32(19)23)22(34)18-7-12-6-13(25)8-16(20(12)35-18)15-2-3-28-17-9-14(11-33)36-21(15)17/h2-3,6,8-9,18,33H,4-5,7,10-11H2,1H3. The van der Waals surface area contributed by atoms with Gasteiger partial charge in [0.15, 0.2) is 11.9 Å². The average Bonchev–Trinajstić information content (AvgIpc) is 3.57. The van der Waals surface area contributed by atoms with Crippen molar-refractivity contribution < 1.29 is 23.4 Å². The second-order valence-electron chi connectivity index (χ2n) is 8.94. The predicted molar refractivity (Wildman–Crippen MR) is 129 cm³/mol. The number of alkyl halides is 2. The molecule has 5 heterocycles. The van der Waals surface area contributed by atoms with Gasteiger partial charge < -0.3 is 19.3 Å². The van der Waals surface area contributed by atoms with Gasteiger partial charge in [-0.15, -0.1) is 21.5 Å². The van der Waals surface area contributed by atoms with E-state index >= 15 is 0 Å². The molecule has 36 heavy (non-hydrogen) atoms. The average molecular weight is 532 g/mol. The highest BCUT2D eigenvalue weighted by atomic mass is 35.5. The molecule has 1 N–H and O–H groups in total. The van der Waals surface area contributed by atoms with E-state index in [1.807, 2.05) is 12.1 Å². The molecule has 0 bridgehead atoms. The molecule has 1 aromatic carbocycles. The van der Waals surface area contributed by atoms with Gasteiger partial charge in [0.05, 0.1) is 23.4 Å². The molecule has 186 valence electrons. The van der Waals surface area contributed by atoms with E-state index in [1.54, 1.807) is 23.2 Å². The number of rotatable bonds is 4. The van der Waals surface area contributed by atoms with E-state index in [-0.39, 0.29) is 32.1 Å². The van der Waals surface area contributed by atoms with Crippen molar-refractivity contribution >= 4 is 39.1 Å². The zero-order valence-electron chi connectivity index (χ0n) is 19.0. The van der Waals surface area contributed by atoms with Crippen molar-refractivity contribution in [2.24, 2.45) is 0 Å². The van der Waals surface area contributed by atoms with Crippen LogP contribution in [0.5, 0.6) is 5.75 Å². The first-order chi connectivity index (χ1) is 17.2. The van der Waals surface area contributed by atoms with Crippen LogP contribution in [0.15, 0.2) is 30.5 Å². The van der Waals surface area contributed by atoms with Gasteiger partial charge in [-0.05, 0) is 24.3 Å². The van der Waals surface area contributed by atoms with E-state index in [9.17, 15) is 18.7 Å². The van der Waals surface area contributed by atoms with Gasteiger partial charge in [0.1, 0.15) is 5.75 Å². The minimum atomic E-state index is -3.11. The maximum atomic E-state index is 13.8. The van der Waals surface area contributed by atoms with Crippen LogP contribution in [0.2, 0.25) is 5.02 Å². The van der Waals surface area contributed by atoms with Gasteiger partial charge in [0, 0.05) is 59.2 Å². The molecule has 0 saturated heterocycles. The third kappa shape index (κ3) is 3.82. The van der Waals surface area contributed by atoms with E-state index < -0.39 is 17.9 Å². The largest absolute Gasteiger partial charge is 0.479 e. The van der Waals surface area contributed by atoms with Crippen LogP contribution in [-0.4, -0.2) is 48.3 Å². The number of thiophene rings is 1. The maximum absolute atomic E-state index is 13.8. The van der Waals surface area contributed by atoms with Crippen LogP contribution in [0.25, 0.3) is 21.3 Å². The maximum Gasteiger partial charge on any atom is 0.304 e. The molecular formula is C24H20ClF2N5O3S. The monoisotopic (exact) mass is 531 g/mol. The molecule has 4 aromatic rings. The minimum absolute atomic E-state index is 0.0792. The predicted octanol–water partition coefficient (Wildman–Crippen LogP) is 4.16. The highest BCUT2D eigenvalue weighted by molar-refractivity contribution is 7.19. The molecule has 0 fully saturated rings. The molecule has 3 aromatic heterocycles. The number of hydrogen-bond donors (Lipinski definition) is 1. The molecule has 0 aliphatic carbocycles. The summed E-state index contributed by atoms with van der Waals surface area (Å²) >= 11 is 7.89. The van der Waals surface area contributed by atoms with Crippen LogP contribution in [0.4, 0.5) is 8.78 Å². The Hall–Kier alpha value is -3.15. The third-order valence-electron chi connectivity index (χ3n) is 6.44. The number of fused-ring (bicyclic) bond motifs is 3. The minimum Gasteiger partial charge on any atom is -0.479 e. The number of aliphatic hydroxyl groups is 1. The Balaban J connectivity index is 1.29. The Labute approximate surface area is 213 Å². The van der Waals surface area contributed by atoms with Gasteiger partial charge in [-0.1, -0.05) is 11.6 Å². The fourth-order valence-electron chi connectivity index (χ4n) is 4.81. The van der Waals surface area contributed by atoms with Crippen LogP contribution >= 0.6 is 22.9 Å². The lowest BCUT2D eigenvalue weighted by Crippen LogP contribution is -2.45. The number of carbonyl (C=O) groups is 1. The molecule has 1 atom stereocenters. The topological polar surface area (TPSA) is 93.4 Å². The first-order valence-electron chi connectivity index (χ1n) is 11.3. The summed E-state index contributed by atoms with van der Waals surface area (Å²) in [5.74, 6) is -2.84. The lowest BCUT2D eigenvalue weighted by atomic mass is 10.0. The van der Waals surface area contributed by atoms with Crippen LogP contribution < -0.4 is 4.74 Å². The van der Waals surface area contributed by atoms with Crippen molar-refractivity contribution in [3.63, 3.8) is 0 Å². The van der Waals surface area contributed by atoms with Crippen molar-refractivity contribution in [2.75, 3.05) is 6.54 Å². The Morgan fingerprint density at radius 3 is 2.89 bits per heavy atom. The normalized spacial score (nSPS) is 17.2. The molecule has 2 aliphatic rings. The van der Waals surface area contributed by atoms with Crippen molar-refractivity contribution in [1.29, 1.82) is 0 Å². The molecular weight excluding hydrogens is 512 g/mol. The Bertz CT molecular complexity index is 1520. The molecule has 0 saturated carbocycles. The number of aliphatic hydroxyl groups excluding tert-OH is 1. The number of halogens is 3. The highest BCUT2D eigenvalue weighted by Gasteiger charge is 2.39. The second kappa shape index (κ2) is 8.46. The van der Waals surface area contributed by atoms with Gasteiger partial charge >= 0.3 is 5.92 Å². The van der Waals surface area contributed by atoms with Gasteiger partial charge in [-0.25, -0.2) is 0 Å². The van der Waals surface area contributed by atoms with Gasteiger partial charge in [-0.2, -0.15) is 8.78 Å². The summed E-state index contributed by atoms with van der Waals surface area (Å²) in [7, 11) is 0. The summed E-state index contributed by atoms with van der Waals surface area (Å²) in [4.78, 5) is 20.2. The molecule has 8 nitrogen and oxygen atoms in total. The fourth-order valence-corrected chi connectivity index (χ4v) is 6.06. The summed E-state index contributed by atoms with van der Waals surface area (Å²) in [6.07, 6.45) is 1.26. The summed E-state index contributed by atoms with van der Waals surface area (Å²) in [6.45, 7) is 1.22. The van der Waals surface area contributed by atoms with Gasteiger partial charge in [0.25, 0.3) is 5.91 Å². The number of nitrogens with zero attached hydrogens (tertiary/aromatic N) is 5. The Kier molecular flexibility index (Phi) is 5.47. The summed E-state index contributed by atoms with van der Waals surface area (Å²) < 4.78 is 36.1. The summed E-state index contributed by atoms with van der Waals surface area (Å²) in [5.41, 5.74) is 3.18. The van der Waals surface area contributed by atoms with Crippen LogP contribution in [0.3, 0.4) is 0 Å². The summed E-state index contributed by atoms with van der Waals surface area (Å²) in [5, 5.41) is 17.6. The SMILES string of the molecule is CC(F)(F)c1nnc2n1CCN(C(=O)C1Cc3cc(Cl)cc(-c4ccnc5cc(CO)sc45)c3O1)C2.